The molecule has 2 atom stereocenters. The highest BCUT2D eigenvalue weighted by Crippen LogP contribution is 2.37. The van der Waals surface area contributed by atoms with Crippen molar-refractivity contribution in [2.45, 2.75) is 71.2 Å². The lowest BCUT2D eigenvalue weighted by Gasteiger charge is -2.38. The fourth-order valence-corrected chi connectivity index (χ4v) is 4.02. The summed E-state index contributed by atoms with van der Waals surface area (Å²) in [5.74, 6) is 0. The summed E-state index contributed by atoms with van der Waals surface area (Å²) in [4.78, 5) is 4.96. The second kappa shape index (κ2) is 8.11. The summed E-state index contributed by atoms with van der Waals surface area (Å²) < 4.78 is 18.7. The maximum absolute atomic E-state index is 6.49. The summed E-state index contributed by atoms with van der Waals surface area (Å²) in [6.07, 6.45) is 1.50. The highest BCUT2D eigenvalue weighted by Gasteiger charge is 2.39. The Balaban J connectivity index is 1.90. The average molecular weight is 403 g/mol. The molecule has 0 amide bonds. The van der Waals surface area contributed by atoms with Crippen LogP contribution in [0.2, 0.25) is 18.1 Å². The Labute approximate surface area is 170 Å². The van der Waals surface area contributed by atoms with Crippen molar-refractivity contribution in [2.75, 3.05) is 18.5 Å². The van der Waals surface area contributed by atoms with Gasteiger partial charge in [0.2, 0.25) is 0 Å². The molecule has 1 aromatic rings. The van der Waals surface area contributed by atoms with Gasteiger partial charge in [-0.2, -0.15) is 0 Å². The van der Waals surface area contributed by atoms with Crippen LogP contribution in [0.1, 0.15) is 34.6 Å². The van der Waals surface area contributed by atoms with E-state index in [2.05, 4.69) is 45.2 Å². The van der Waals surface area contributed by atoms with E-state index in [1.54, 1.807) is 0 Å². The summed E-state index contributed by atoms with van der Waals surface area (Å²) in [6.45, 7) is 16.5. The van der Waals surface area contributed by atoms with E-state index in [4.69, 9.17) is 18.9 Å². The Kier molecular flexibility index (Phi) is 6.15. The normalized spacial score (nSPS) is 22.6. The van der Waals surface area contributed by atoms with Crippen LogP contribution in [-0.2, 0) is 13.9 Å². The van der Waals surface area contributed by atoms with Crippen molar-refractivity contribution in [2.24, 2.45) is 4.99 Å². The topological polar surface area (TPSA) is 52.1 Å². The standard InChI is InChI=1S/C22H34N2O3Si/c1-15(2)26-20-12-16-13-23-17-10-8-9-11-18(17)24-21(16)19(27-20)14-25-28(6,7)22(3,4)5/h8-12,15,19-20,23H,13-14H2,1-7H3/t19-,20+/m1/s1. The van der Waals surface area contributed by atoms with Crippen LogP contribution in [0.4, 0.5) is 11.4 Å². The predicted molar refractivity (Wildman–Crippen MR) is 118 cm³/mol. The second-order valence-electron chi connectivity index (χ2n) is 9.31. The van der Waals surface area contributed by atoms with Crippen molar-refractivity contribution in [1.29, 1.82) is 0 Å². The molecule has 0 unspecified atom stereocenters. The second-order valence-corrected chi connectivity index (χ2v) is 14.1. The van der Waals surface area contributed by atoms with Gasteiger partial charge in [0.05, 0.1) is 29.8 Å². The molecule has 2 aliphatic heterocycles. The van der Waals surface area contributed by atoms with Gasteiger partial charge < -0.3 is 19.2 Å². The first-order valence-corrected chi connectivity index (χ1v) is 13.0. The largest absolute Gasteiger partial charge is 0.414 e. The zero-order valence-electron chi connectivity index (χ0n) is 18.2. The zero-order valence-corrected chi connectivity index (χ0v) is 19.2. The fraction of sp³-hybridized carbons (Fsp3) is 0.591. The number of aliphatic imine (C=N–C) groups is 1. The molecule has 0 fully saturated rings. The molecule has 2 heterocycles. The van der Waals surface area contributed by atoms with Crippen LogP contribution in [0.3, 0.4) is 0 Å². The fourth-order valence-electron chi connectivity index (χ4n) is 3.01. The van der Waals surface area contributed by atoms with E-state index in [1.807, 2.05) is 38.1 Å². The number of anilines is 1. The molecule has 0 saturated carbocycles. The van der Waals surface area contributed by atoms with E-state index in [0.29, 0.717) is 13.2 Å². The average Bonchev–Trinajstić information content (AvgIpc) is 2.78. The number of ether oxygens (including phenoxy) is 2. The van der Waals surface area contributed by atoms with E-state index in [1.165, 1.54) is 0 Å². The van der Waals surface area contributed by atoms with Crippen LogP contribution >= 0.6 is 0 Å². The molecule has 1 aromatic carbocycles. The molecule has 0 saturated heterocycles. The van der Waals surface area contributed by atoms with Gasteiger partial charge in [-0.3, -0.25) is 0 Å². The molecule has 0 radical (unpaired) electrons. The molecule has 0 aliphatic carbocycles. The number of nitrogens with zero attached hydrogens (tertiary/aromatic N) is 1. The SMILES string of the molecule is CC(C)O[C@@H]1C=C2CNc3ccccc3N=C2[C@@H](CO[Si](C)(C)C(C)(C)C)O1. The number of benzene rings is 1. The summed E-state index contributed by atoms with van der Waals surface area (Å²) in [5.41, 5.74) is 4.04. The minimum Gasteiger partial charge on any atom is -0.414 e. The van der Waals surface area contributed by atoms with Crippen LogP contribution in [-0.4, -0.2) is 45.7 Å². The summed E-state index contributed by atoms with van der Waals surface area (Å²) >= 11 is 0. The smallest absolute Gasteiger partial charge is 0.192 e. The van der Waals surface area contributed by atoms with Crippen molar-refractivity contribution in [1.82, 2.24) is 0 Å². The van der Waals surface area contributed by atoms with Crippen molar-refractivity contribution in [3.63, 3.8) is 0 Å². The van der Waals surface area contributed by atoms with Gasteiger partial charge in [0.25, 0.3) is 0 Å². The molecule has 5 nitrogen and oxygen atoms in total. The van der Waals surface area contributed by atoms with Crippen LogP contribution < -0.4 is 5.32 Å². The van der Waals surface area contributed by atoms with Crippen molar-refractivity contribution in [3.05, 3.63) is 35.9 Å². The number of para-hydroxylation sites is 2. The van der Waals surface area contributed by atoms with Gasteiger partial charge in [-0.05, 0) is 55.8 Å². The zero-order chi connectivity index (χ0) is 20.5. The summed E-state index contributed by atoms with van der Waals surface area (Å²) in [7, 11) is -1.89. The van der Waals surface area contributed by atoms with Crippen LogP contribution in [0.5, 0.6) is 0 Å². The highest BCUT2D eigenvalue weighted by molar-refractivity contribution is 6.74. The van der Waals surface area contributed by atoms with Gasteiger partial charge in [-0.15, -0.1) is 0 Å². The summed E-state index contributed by atoms with van der Waals surface area (Å²) in [5, 5.41) is 3.64. The van der Waals surface area contributed by atoms with Gasteiger partial charge in [0.15, 0.2) is 14.6 Å². The number of hydrogen-bond donors (Lipinski definition) is 1. The molecule has 0 spiro atoms. The van der Waals surface area contributed by atoms with E-state index >= 15 is 0 Å². The predicted octanol–water partition coefficient (Wildman–Crippen LogP) is 5.28. The Morgan fingerprint density at radius 1 is 1.25 bits per heavy atom. The number of hydrogen-bond acceptors (Lipinski definition) is 5. The molecule has 6 heteroatoms. The monoisotopic (exact) mass is 402 g/mol. The quantitative estimate of drug-likeness (QED) is 0.681. The molecule has 0 bridgehead atoms. The van der Waals surface area contributed by atoms with E-state index < -0.39 is 8.32 Å². The third-order valence-electron chi connectivity index (χ3n) is 5.69. The van der Waals surface area contributed by atoms with Gasteiger partial charge in [0, 0.05) is 6.54 Å². The van der Waals surface area contributed by atoms with Crippen LogP contribution in [0, 0.1) is 0 Å². The van der Waals surface area contributed by atoms with Crippen LogP contribution in [0.25, 0.3) is 0 Å². The lowest BCUT2D eigenvalue weighted by atomic mass is 10.0. The van der Waals surface area contributed by atoms with Crippen molar-refractivity contribution < 1.29 is 13.9 Å². The van der Waals surface area contributed by atoms with Crippen molar-refractivity contribution in [3.8, 4) is 0 Å². The maximum Gasteiger partial charge on any atom is 0.192 e. The first-order valence-electron chi connectivity index (χ1n) is 10.1. The molecule has 2 aliphatic rings. The minimum absolute atomic E-state index is 0.0817. The third kappa shape index (κ3) is 4.74. The van der Waals surface area contributed by atoms with Gasteiger partial charge in [-0.25, -0.2) is 4.99 Å². The molecular formula is C22H34N2O3Si. The first-order chi connectivity index (χ1) is 13.1. The Bertz CT molecular complexity index is 765. The van der Waals surface area contributed by atoms with Crippen LogP contribution in [0.15, 0.2) is 40.9 Å². The Morgan fingerprint density at radius 2 is 1.96 bits per heavy atom. The van der Waals surface area contributed by atoms with E-state index in [-0.39, 0.29) is 23.5 Å². The lowest BCUT2D eigenvalue weighted by molar-refractivity contribution is -0.154. The molecule has 154 valence electrons. The maximum atomic E-state index is 6.49. The van der Waals surface area contributed by atoms with E-state index in [9.17, 15) is 0 Å². The molecule has 28 heavy (non-hydrogen) atoms. The van der Waals surface area contributed by atoms with Gasteiger partial charge in [0.1, 0.15) is 6.10 Å². The molecule has 0 aromatic heterocycles. The third-order valence-corrected chi connectivity index (χ3v) is 10.2. The van der Waals surface area contributed by atoms with Gasteiger partial charge >= 0.3 is 0 Å². The van der Waals surface area contributed by atoms with Crippen molar-refractivity contribution >= 4 is 25.4 Å². The number of nitrogens with one attached hydrogen (secondary N) is 1. The molecular weight excluding hydrogens is 368 g/mol. The highest BCUT2D eigenvalue weighted by atomic mass is 28.4. The number of fused-ring (bicyclic) bond motifs is 2. The molecule has 1 N–H and O–H groups in total. The lowest BCUT2D eigenvalue weighted by Crippen LogP contribution is -2.47. The summed E-state index contributed by atoms with van der Waals surface area (Å²) in [6, 6.07) is 8.12. The Morgan fingerprint density at radius 3 is 2.64 bits per heavy atom. The number of rotatable bonds is 5. The first kappa shape index (κ1) is 21.2. The molecule has 3 rings (SSSR count). The van der Waals surface area contributed by atoms with Gasteiger partial charge in [-0.1, -0.05) is 32.9 Å². The van der Waals surface area contributed by atoms with E-state index in [0.717, 1.165) is 22.7 Å². The Hall–Kier alpha value is -1.47. The minimum atomic E-state index is -1.89.